The number of aryl methyl sites for hydroxylation is 2. The molecular formula is C13H23N3O2S. The second-order valence-corrected chi connectivity index (χ2v) is 5.92. The van der Waals surface area contributed by atoms with Crippen molar-refractivity contribution in [1.29, 1.82) is 0 Å². The van der Waals surface area contributed by atoms with Gasteiger partial charge in [0.1, 0.15) is 5.76 Å². The Morgan fingerprint density at radius 2 is 2.16 bits per heavy atom. The number of nitrogens with zero attached hydrogens (tertiary/aromatic N) is 1. The summed E-state index contributed by atoms with van der Waals surface area (Å²) >= 11 is 1.61. The highest BCUT2D eigenvalue weighted by Crippen LogP contribution is 2.22. The van der Waals surface area contributed by atoms with E-state index in [0.717, 1.165) is 41.7 Å². The number of thioether (sulfide) groups is 1. The Balaban J connectivity index is 2.26. The molecular weight excluding hydrogens is 262 g/mol. The van der Waals surface area contributed by atoms with Crippen molar-refractivity contribution in [2.75, 3.05) is 12.8 Å². The summed E-state index contributed by atoms with van der Waals surface area (Å²) in [6.07, 6.45) is 2.67. The van der Waals surface area contributed by atoms with Gasteiger partial charge in [-0.2, -0.15) is 0 Å². The van der Waals surface area contributed by atoms with Crippen LogP contribution in [0.3, 0.4) is 0 Å². The third-order valence-electron chi connectivity index (χ3n) is 3.40. The summed E-state index contributed by atoms with van der Waals surface area (Å²) in [5.74, 6) is 1.50. The number of primary amides is 1. The third kappa shape index (κ3) is 4.54. The molecule has 0 fully saturated rings. The van der Waals surface area contributed by atoms with Crippen molar-refractivity contribution in [3.8, 4) is 0 Å². The van der Waals surface area contributed by atoms with Gasteiger partial charge in [-0.1, -0.05) is 18.2 Å². The average Bonchev–Trinajstić information content (AvgIpc) is 2.67. The fourth-order valence-electron chi connectivity index (χ4n) is 1.62. The summed E-state index contributed by atoms with van der Waals surface area (Å²) in [5, 5.41) is 3.71. The molecule has 0 radical (unpaired) electrons. The predicted molar refractivity (Wildman–Crippen MR) is 77.2 cm³/mol. The molecule has 6 heteroatoms. The Bertz CT molecular complexity index is 414. The number of hydrogen-bond donors (Lipinski definition) is 2. The SMILES string of the molecule is CNC(C)(CCCCSc1nc(C)c(C)o1)C(N)=O. The first-order valence-electron chi connectivity index (χ1n) is 6.44. The number of rotatable bonds is 8. The molecule has 5 nitrogen and oxygen atoms in total. The van der Waals surface area contributed by atoms with Crippen LogP contribution in [0.2, 0.25) is 0 Å². The fraction of sp³-hybridized carbons (Fsp3) is 0.692. The Labute approximate surface area is 118 Å². The number of nitrogens with one attached hydrogen (secondary N) is 1. The summed E-state index contributed by atoms with van der Waals surface area (Å²) in [6, 6.07) is 0. The Kier molecular flexibility index (Phi) is 5.87. The maximum Gasteiger partial charge on any atom is 0.256 e. The predicted octanol–water partition coefficient (Wildman–Crippen LogP) is 2.02. The first-order chi connectivity index (χ1) is 8.89. The molecule has 3 N–H and O–H groups in total. The zero-order valence-corrected chi connectivity index (χ0v) is 12.9. The maximum atomic E-state index is 11.3. The molecule has 19 heavy (non-hydrogen) atoms. The smallest absolute Gasteiger partial charge is 0.256 e. The number of amides is 1. The number of likely N-dealkylation sites (N-methyl/N-ethyl adjacent to an activating group) is 1. The lowest BCUT2D eigenvalue weighted by molar-refractivity contribution is -0.123. The number of nitrogens with two attached hydrogens (primary N) is 1. The molecule has 0 saturated carbocycles. The Morgan fingerprint density at radius 3 is 2.63 bits per heavy atom. The van der Waals surface area contributed by atoms with Crippen molar-refractivity contribution < 1.29 is 9.21 Å². The van der Waals surface area contributed by atoms with E-state index in [1.165, 1.54) is 0 Å². The second kappa shape index (κ2) is 6.96. The molecule has 1 rings (SSSR count). The number of carbonyl (C=O) groups excluding carboxylic acids is 1. The van der Waals surface area contributed by atoms with Gasteiger partial charge in [-0.15, -0.1) is 0 Å². The number of unbranched alkanes of at least 4 members (excludes halogenated alkanes) is 1. The van der Waals surface area contributed by atoms with Gasteiger partial charge in [0.25, 0.3) is 5.22 Å². The molecule has 0 bridgehead atoms. The molecule has 0 spiro atoms. The van der Waals surface area contributed by atoms with Crippen LogP contribution in [-0.4, -0.2) is 29.2 Å². The zero-order chi connectivity index (χ0) is 14.5. The van der Waals surface area contributed by atoms with Crippen LogP contribution in [0.4, 0.5) is 0 Å². The second-order valence-electron chi connectivity index (χ2n) is 4.87. The van der Waals surface area contributed by atoms with E-state index in [9.17, 15) is 4.79 Å². The van der Waals surface area contributed by atoms with Crippen molar-refractivity contribution in [2.24, 2.45) is 5.73 Å². The molecule has 0 aliphatic heterocycles. The van der Waals surface area contributed by atoms with Gasteiger partial charge < -0.3 is 15.5 Å². The van der Waals surface area contributed by atoms with E-state index in [-0.39, 0.29) is 5.91 Å². The highest BCUT2D eigenvalue weighted by Gasteiger charge is 2.27. The zero-order valence-electron chi connectivity index (χ0n) is 12.1. The first kappa shape index (κ1) is 16.0. The molecule has 108 valence electrons. The average molecular weight is 285 g/mol. The molecule has 0 saturated heterocycles. The molecule has 1 atom stereocenters. The van der Waals surface area contributed by atoms with Crippen LogP contribution in [0.15, 0.2) is 9.64 Å². The molecule has 1 aromatic rings. The normalized spacial score (nSPS) is 14.3. The van der Waals surface area contributed by atoms with Crippen LogP contribution in [0.25, 0.3) is 0 Å². The molecule has 1 aromatic heterocycles. The standard InChI is InChI=1S/C13H23N3O2S/c1-9-10(2)18-12(16-9)19-8-6-5-7-13(3,15-4)11(14)17/h15H,5-8H2,1-4H3,(H2,14,17). The molecule has 0 aliphatic rings. The molecule has 0 aliphatic carbocycles. The van der Waals surface area contributed by atoms with Gasteiger partial charge in [-0.3, -0.25) is 4.79 Å². The summed E-state index contributed by atoms with van der Waals surface area (Å²) in [5.41, 5.74) is 5.71. The maximum absolute atomic E-state index is 11.3. The third-order valence-corrected chi connectivity index (χ3v) is 4.32. The van der Waals surface area contributed by atoms with Gasteiger partial charge in [-0.25, -0.2) is 4.98 Å². The lowest BCUT2D eigenvalue weighted by Crippen LogP contribution is -2.51. The van der Waals surface area contributed by atoms with Crippen molar-refractivity contribution >= 4 is 17.7 Å². The molecule has 1 amide bonds. The van der Waals surface area contributed by atoms with Gasteiger partial charge >= 0.3 is 0 Å². The van der Waals surface area contributed by atoms with Crippen molar-refractivity contribution in [3.63, 3.8) is 0 Å². The summed E-state index contributed by atoms with van der Waals surface area (Å²) in [4.78, 5) is 15.6. The van der Waals surface area contributed by atoms with Crippen LogP contribution in [0.5, 0.6) is 0 Å². The molecule has 1 heterocycles. The fourth-order valence-corrected chi connectivity index (χ4v) is 2.53. The van der Waals surface area contributed by atoms with Crippen molar-refractivity contribution in [3.05, 3.63) is 11.5 Å². The lowest BCUT2D eigenvalue weighted by Gasteiger charge is -2.25. The van der Waals surface area contributed by atoms with E-state index in [2.05, 4.69) is 10.3 Å². The topological polar surface area (TPSA) is 81.2 Å². The lowest BCUT2D eigenvalue weighted by atomic mass is 9.94. The van der Waals surface area contributed by atoms with Crippen LogP contribution < -0.4 is 11.1 Å². The van der Waals surface area contributed by atoms with Crippen molar-refractivity contribution in [1.82, 2.24) is 10.3 Å². The monoisotopic (exact) mass is 285 g/mol. The van der Waals surface area contributed by atoms with E-state index in [0.29, 0.717) is 0 Å². The highest BCUT2D eigenvalue weighted by atomic mass is 32.2. The molecule has 1 unspecified atom stereocenters. The van der Waals surface area contributed by atoms with E-state index < -0.39 is 5.54 Å². The minimum atomic E-state index is -0.610. The quantitative estimate of drug-likeness (QED) is 0.564. The summed E-state index contributed by atoms with van der Waals surface area (Å²) in [6.45, 7) is 5.69. The van der Waals surface area contributed by atoms with Crippen LogP contribution in [0.1, 0.15) is 37.6 Å². The van der Waals surface area contributed by atoms with Gasteiger partial charge in [-0.05, 0) is 40.7 Å². The van der Waals surface area contributed by atoms with E-state index in [4.69, 9.17) is 10.2 Å². The number of aromatic nitrogens is 1. The van der Waals surface area contributed by atoms with E-state index in [1.807, 2.05) is 20.8 Å². The van der Waals surface area contributed by atoms with Crippen LogP contribution in [-0.2, 0) is 4.79 Å². The van der Waals surface area contributed by atoms with Gasteiger partial charge in [0, 0.05) is 5.75 Å². The van der Waals surface area contributed by atoms with Crippen LogP contribution >= 0.6 is 11.8 Å². The van der Waals surface area contributed by atoms with Crippen LogP contribution in [0, 0.1) is 13.8 Å². The number of oxazole rings is 1. The minimum absolute atomic E-state index is 0.304. The minimum Gasteiger partial charge on any atom is -0.437 e. The first-order valence-corrected chi connectivity index (χ1v) is 7.43. The van der Waals surface area contributed by atoms with Gasteiger partial charge in [0.2, 0.25) is 5.91 Å². The van der Waals surface area contributed by atoms with Crippen molar-refractivity contribution in [2.45, 2.75) is 50.8 Å². The Hall–Kier alpha value is -1.01. The summed E-state index contributed by atoms with van der Waals surface area (Å²) < 4.78 is 5.49. The molecule has 0 aromatic carbocycles. The highest BCUT2D eigenvalue weighted by molar-refractivity contribution is 7.99. The van der Waals surface area contributed by atoms with E-state index in [1.54, 1.807) is 18.8 Å². The van der Waals surface area contributed by atoms with E-state index >= 15 is 0 Å². The number of hydrogen-bond acceptors (Lipinski definition) is 5. The van der Waals surface area contributed by atoms with Gasteiger partial charge in [0.15, 0.2) is 0 Å². The summed E-state index contributed by atoms with van der Waals surface area (Å²) in [7, 11) is 1.76. The largest absolute Gasteiger partial charge is 0.437 e. The Morgan fingerprint density at radius 1 is 1.47 bits per heavy atom. The number of carbonyl (C=O) groups is 1. The van der Waals surface area contributed by atoms with Gasteiger partial charge in [0.05, 0.1) is 11.2 Å².